The molecule has 3 heteroatoms. The van der Waals surface area contributed by atoms with Gasteiger partial charge in [0, 0.05) is 30.1 Å². The van der Waals surface area contributed by atoms with E-state index in [4.69, 9.17) is 0 Å². The van der Waals surface area contributed by atoms with E-state index in [-0.39, 0.29) is 16.7 Å². The van der Waals surface area contributed by atoms with Crippen molar-refractivity contribution in [1.82, 2.24) is 0 Å². The number of hydrogen-bond acceptors (Lipinski definition) is 3. The maximum absolute atomic E-state index is 12.4. The van der Waals surface area contributed by atoms with Crippen LogP contribution in [0.1, 0.15) is 64.7 Å². The second kappa shape index (κ2) is 4.75. The highest BCUT2D eigenvalue weighted by atomic mass is 16.1. The largest absolute Gasteiger partial charge is 0.303 e. The molecule has 4 fully saturated rings. The SMILES string of the molecule is C[C@]12CC[C@@H]3[C@@H](CCC4CC(=O)CC[C@@]43C=O)[C@@H]1CCC2=O. The van der Waals surface area contributed by atoms with E-state index >= 15 is 0 Å². The van der Waals surface area contributed by atoms with Gasteiger partial charge in [-0.1, -0.05) is 6.92 Å². The molecule has 4 saturated carbocycles. The van der Waals surface area contributed by atoms with Crippen LogP contribution in [0.2, 0.25) is 0 Å². The van der Waals surface area contributed by atoms with Crippen molar-refractivity contribution in [2.45, 2.75) is 64.7 Å². The molecule has 0 N–H and O–H groups in total. The Morgan fingerprint density at radius 3 is 2.59 bits per heavy atom. The predicted octanol–water partition coefficient (Wildman–Crippen LogP) is 3.35. The standard InChI is InChI=1S/C19H26O3/c1-18-8-7-16-14(15(18)4-5-17(18)22)3-2-12-10-13(21)6-9-19(12,16)11-20/h11-12,14-16H,2-10H2,1H3/t12?,14-,15-,16+,18-,19+/m0/s1. The average Bonchev–Trinajstić information content (AvgIpc) is 2.82. The zero-order valence-electron chi connectivity index (χ0n) is 13.5. The van der Waals surface area contributed by atoms with Crippen molar-refractivity contribution in [2.24, 2.45) is 34.5 Å². The third-order valence-corrected chi connectivity index (χ3v) is 7.98. The number of rotatable bonds is 1. The molecule has 120 valence electrons. The summed E-state index contributed by atoms with van der Waals surface area (Å²) < 4.78 is 0. The van der Waals surface area contributed by atoms with Crippen molar-refractivity contribution < 1.29 is 14.4 Å². The molecule has 0 spiro atoms. The van der Waals surface area contributed by atoms with Crippen LogP contribution >= 0.6 is 0 Å². The normalized spacial score (nSPS) is 51.0. The monoisotopic (exact) mass is 302 g/mol. The van der Waals surface area contributed by atoms with Crippen molar-refractivity contribution in [3.8, 4) is 0 Å². The first kappa shape index (κ1) is 14.6. The lowest BCUT2D eigenvalue weighted by Crippen LogP contribution is -2.55. The molecule has 0 aromatic heterocycles. The van der Waals surface area contributed by atoms with E-state index in [2.05, 4.69) is 6.92 Å². The molecular formula is C19H26O3. The molecule has 22 heavy (non-hydrogen) atoms. The van der Waals surface area contributed by atoms with Gasteiger partial charge in [0.1, 0.15) is 17.9 Å². The molecule has 4 aliphatic carbocycles. The Morgan fingerprint density at radius 2 is 1.82 bits per heavy atom. The Balaban J connectivity index is 1.69. The van der Waals surface area contributed by atoms with Gasteiger partial charge in [0.25, 0.3) is 0 Å². The van der Waals surface area contributed by atoms with Gasteiger partial charge in [-0.25, -0.2) is 0 Å². The van der Waals surface area contributed by atoms with E-state index in [0.717, 1.165) is 44.9 Å². The highest BCUT2D eigenvalue weighted by Gasteiger charge is 2.61. The van der Waals surface area contributed by atoms with E-state index in [1.807, 2.05) is 0 Å². The molecule has 1 unspecified atom stereocenters. The summed E-state index contributed by atoms with van der Waals surface area (Å²) in [6, 6.07) is 0. The quantitative estimate of drug-likeness (QED) is 0.698. The maximum atomic E-state index is 12.4. The molecule has 0 radical (unpaired) electrons. The van der Waals surface area contributed by atoms with Crippen LogP contribution in [0.5, 0.6) is 0 Å². The van der Waals surface area contributed by atoms with E-state index in [1.165, 1.54) is 6.29 Å². The molecule has 0 heterocycles. The Bertz CT molecular complexity index is 539. The summed E-state index contributed by atoms with van der Waals surface area (Å²) in [6.45, 7) is 2.17. The molecule has 0 bridgehead atoms. The average molecular weight is 302 g/mol. The maximum Gasteiger partial charge on any atom is 0.139 e. The first-order valence-corrected chi connectivity index (χ1v) is 9.02. The lowest BCUT2D eigenvalue weighted by atomic mass is 9.45. The Labute approximate surface area is 132 Å². The van der Waals surface area contributed by atoms with Crippen LogP contribution < -0.4 is 0 Å². The van der Waals surface area contributed by atoms with E-state index in [1.54, 1.807) is 0 Å². The first-order valence-electron chi connectivity index (χ1n) is 9.02. The van der Waals surface area contributed by atoms with Crippen molar-refractivity contribution in [1.29, 1.82) is 0 Å². The van der Waals surface area contributed by atoms with E-state index in [9.17, 15) is 14.4 Å². The molecule has 0 aliphatic heterocycles. The predicted molar refractivity (Wildman–Crippen MR) is 82.1 cm³/mol. The lowest BCUT2D eigenvalue weighted by molar-refractivity contribution is -0.153. The minimum absolute atomic E-state index is 0.122. The van der Waals surface area contributed by atoms with Crippen molar-refractivity contribution >= 4 is 17.9 Å². The van der Waals surface area contributed by atoms with Gasteiger partial charge >= 0.3 is 0 Å². The molecule has 3 nitrogen and oxygen atoms in total. The van der Waals surface area contributed by atoms with Crippen LogP contribution in [0.4, 0.5) is 0 Å². The van der Waals surface area contributed by atoms with Gasteiger partial charge in [-0.05, 0) is 62.2 Å². The van der Waals surface area contributed by atoms with Crippen molar-refractivity contribution in [3.05, 3.63) is 0 Å². The van der Waals surface area contributed by atoms with Crippen LogP contribution in [0, 0.1) is 34.5 Å². The van der Waals surface area contributed by atoms with Crippen molar-refractivity contribution in [3.63, 3.8) is 0 Å². The molecule has 0 aromatic rings. The van der Waals surface area contributed by atoms with Crippen LogP contribution in [-0.2, 0) is 14.4 Å². The number of fused-ring (bicyclic) bond motifs is 5. The summed E-state index contributed by atoms with van der Waals surface area (Å²) in [5.41, 5.74) is -0.383. The summed E-state index contributed by atoms with van der Waals surface area (Å²) in [6.07, 6.45) is 9.02. The molecule has 0 aromatic carbocycles. The zero-order chi connectivity index (χ0) is 15.5. The fraction of sp³-hybridized carbons (Fsp3) is 0.842. The first-order chi connectivity index (χ1) is 10.5. The fourth-order valence-electron chi connectivity index (χ4n) is 6.75. The van der Waals surface area contributed by atoms with Crippen LogP contribution in [0.15, 0.2) is 0 Å². The van der Waals surface area contributed by atoms with Crippen molar-refractivity contribution in [2.75, 3.05) is 0 Å². The number of carbonyl (C=O) groups excluding carboxylic acids is 3. The second-order valence-corrected chi connectivity index (χ2v) is 8.54. The highest BCUT2D eigenvalue weighted by molar-refractivity contribution is 5.87. The smallest absolute Gasteiger partial charge is 0.139 e. The second-order valence-electron chi connectivity index (χ2n) is 8.54. The number of aldehydes is 1. The van der Waals surface area contributed by atoms with Crippen LogP contribution in [-0.4, -0.2) is 17.9 Å². The Morgan fingerprint density at radius 1 is 1.00 bits per heavy atom. The fourth-order valence-corrected chi connectivity index (χ4v) is 6.75. The summed E-state index contributed by atoms with van der Waals surface area (Å²) >= 11 is 0. The van der Waals surface area contributed by atoms with Crippen LogP contribution in [0.25, 0.3) is 0 Å². The molecule has 6 atom stereocenters. The third kappa shape index (κ3) is 1.71. The Kier molecular flexibility index (Phi) is 3.15. The number of ketones is 2. The van der Waals surface area contributed by atoms with Gasteiger partial charge in [-0.15, -0.1) is 0 Å². The van der Waals surface area contributed by atoms with E-state index in [0.29, 0.717) is 42.2 Å². The summed E-state index contributed by atoms with van der Waals surface area (Å²) in [7, 11) is 0. The summed E-state index contributed by atoms with van der Waals surface area (Å²) in [5, 5.41) is 0. The van der Waals surface area contributed by atoms with Gasteiger partial charge in [-0.3, -0.25) is 9.59 Å². The summed E-state index contributed by atoms with van der Waals surface area (Å²) in [5.74, 6) is 2.50. The Hall–Kier alpha value is -0.990. The third-order valence-electron chi connectivity index (χ3n) is 7.98. The van der Waals surface area contributed by atoms with Gasteiger partial charge in [0.15, 0.2) is 0 Å². The minimum Gasteiger partial charge on any atom is -0.303 e. The van der Waals surface area contributed by atoms with Gasteiger partial charge in [0.05, 0.1) is 0 Å². The van der Waals surface area contributed by atoms with Gasteiger partial charge < -0.3 is 4.79 Å². The summed E-state index contributed by atoms with van der Waals surface area (Å²) in [4.78, 5) is 36.4. The zero-order valence-corrected chi connectivity index (χ0v) is 13.5. The molecular weight excluding hydrogens is 276 g/mol. The minimum atomic E-state index is -0.260. The molecule has 4 rings (SSSR count). The highest BCUT2D eigenvalue weighted by Crippen LogP contribution is 2.64. The molecule has 0 saturated heterocycles. The number of carbonyl (C=O) groups is 3. The molecule has 4 aliphatic rings. The lowest BCUT2D eigenvalue weighted by Gasteiger charge is -2.58. The van der Waals surface area contributed by atoms with Gasteiger partial charge in [0.2, 0.25) is 0 Å². The van der Waals surface area contributed by atoms with Gasteiger partial charge in [-0.2, -0.15) is 0 Å². The topological polar surface area (TPSA) is 51.2 Å². The number of Topliss-reactive ketones (excluding diaryl/α,β-unsaturated/α-hetero) is 2. The van der Waals surface area contributed by atoms with Crippen LogP contribution in [0.3, 0.4) is 0 Å². The number of hydrogen-bond donors (Lipinski definition) is 0. The molecule has 0 amide bonds. The van der Waals surface area contributed by atoms with E-state index < -0.39 is 0 Å².